The van der Waals surface area contributed by atoms with Gasteiger partial charge in [-0.05, 0) is 18.1 Å². The molecule has 0 atom stereocenters. The zero-order valence-electron chi connectivity index (χ0n) is 11.7. The number of thiazole rings is 1. The van der Waals surface area contributed by atoms with Crippen molar-refractivity contribution in [1.29, 1.82) is 0 Å². The van der Waals surface area contributed by atoms with Crippen molar-refractivity contribution < 1.29 is 13.2 Å². The van der Waals surface area contributed by atoms with Crippen molar-refractivity contribution >= 4 is 11.3 Å². The molecule has 1 aromatic carbocycles. The highest BCUT2D eigenvalue weighted by Gasteiger charge is 2.30. The van der Waals surface area contributed by atoms with Crippen LogP contribution in [0.1, 0.15) is 35.9 Å². The van der Waals surface area contributed by atoms with Crippen LogP contribution in [-0.2, 0) is 12.6 Å². The molecule has 0 saturated heterocycles. The molecule has 1 nitrogen and oxygen atoms in total. The molecule has 0 amide bonds. The Morgan fingerprint density at radius 2 is 1.86 bits per heavy atom. The molecule has 0 unspecified atom stereocenters. The Bertz CT molecular complexity index is 660. The standard InChI is InChI=1S/C16H14F3NS/c1-4-5-13-14(10(2)3)20-15(21-13)11-6-8-12(9-7-11)16(17,18)19/h1,6-10H,5H2,2-3H3. The number of hydrogen-bond donors (Lipinski definition) is 0. The number of alkyl halides is 3. The van der Waals surface area contributed by atoms with Crippen LogP contribution in [0.2, 0.25) is 0 Å². The maximum absolute atomic E-state index is 12.6. The van der Waals surface area contributed by atoms with Gasteiger partial charge in [0.25, 0.3) is 0 Å². The highest BCUT2D eigenvalue weighted by Crippen LogP contribution is 2.34. The van der Waals surface area contributed by atoms with Crippen molar-refractivity contribution in [3.8, 4) is 22.9 Å². The summed E-state index contributed by atoms with van der Waals surface area (Å²) < 4.78 is 37.7. The molecule has 0 N–H and O–H groups in total. The van der Waals surface area contributed by atoms with E-state index in [1.54, 1.807) is 0 Å². The van der Waals surface area contributed by atoms with E-state index in [2.05, 4.69) is 10.9 Å². The summed E-state index contributed by atoms with van der Waals surface area (Å²) in [6.45, 7) is 4.04. The number of rotatable bonds is 3. The van der Waals surface area contributed by atoms with E-state index in [0.717, 1.165) is 22.7 Å². The minimum Gasteiger partial charge on any atom is -0.241 e. The fraction of sp³-hybridized carbons (Fsp3) is 0.312. The van der Waals surface area contributed by atoms with Crippen molar-refractivity contribution in [1.82, 2.24) is 4.98 Å². The molecular weight excluding hydrogens is 295 g/mol. The molecule has 1 aromatic heterocycles. The summed E-state index contributed by atoms with van der Waals surface area (Å²) in [6.07, 6.45) is 1.52. The monoisotopic (exact) mass is 309 g/mol. The Hall–Kier alpha value is -1.80. The zero-order valence-corrected chi connectivity index (χ0v) is 12.5. The second-order valence-corrected chi connectivity index (χ2v) is 6.02. The first-order valence-corrected chi connectivity index (χ1v) is 7.25. The minimum absolute atomic E-state index is 0.229. The van der Waals surface area contributed by atoms with Gasteiger partial charge in [0, 0.05) is 16.9 Å². The molecule has 0 aliphatic heterocycles. The highest BCUT2D eigenvalue weighted by molar-refractivity contribution is 7.15. The Kier molecular flexibility index (Phi) is 4.38. The van der Waals surface area contributed by atoms with Crippen molar-refractivity contribution in [2.45, 2.75) is 32.4 Å². The Labute approximate surface area is 125 Å². The van der Waals surface area contributed by atoms with Crippen molar-refractivity contribution in [2.75, 3.05) is 0 Å². The number of nitrogens with zero attached hydrogens (tertiary/aromatic N) is 1. The van der Waals surface area contributed by atoms with E-state index >= 15 is 0 Å². The zero-order chi connectivity index (χ0) is 15.6. The summed E-state index contributed by atoms with van der Waals surface area (Å²) in [4.78, 5) is 5.53. The third-order valence-corrected chi connectivity index (χ3v) is 4.12. The molecule has 2 rings (SSSR count). The number of aromatic nitrogens is 1. The van der Waals surface area contributed by atoms with Crippen LogP contribution < -0.4 is 0 Å². The second-order valence-electron chi connectivity index (χ2n) is 4.94. The van der Waals surface area contributed by atoms with Crippen molar-refractivity contribution in [3.63, 3.8) is 0 Å². The fourth-order valence-electron chi connectivity index (χ4n) is 1.96. The molecule has 0 spiro atoms. The molecular formula is C16H14F3NS. The molecule has 0 fully saturated rings. The van der Waals surface area contributed by atoms with Gasteiger partial charge in [-0.25, -0.2) is 4.98 Å². The van der Waals surface area contributed by atoms with Crippen LogP contribution in [0.4, 0.5) is 13.2 Å². The van der Waals surface area contributed by atoms with Crippen LogP contribution in [0.15, 0.2) is 24.3 Å². The number of halogens is 3. The van der Waals surface area contributed by atoms with E-state index in [1.807, 2.05) is 13.8 Å². The molecule has 0 radical (unpaired) electrons. The van der Waals surface area contributed by atoms with E-state index in [1.165, 1.54) is 23.5 Å². The summed E-state index contributed by atoms with van der Waals surface area (Å²) in [6, 6.07) is 5.05. The Morgan fingerprint density at radius 3 is 2.33 bits per heavy atom. The van der Waals surface area contributed by atoms with Crippen LogP contribution in [0.3, 0.4) is 0 Å². The molecule has 110 valence electrons. The van der Waals surface area contributed by atoms with E-state index in [-0.39, 0.29) is 5.92 Å². The van der Waals surface area contributed by atoms with Crippen LogP contribution in [-0.4, -0.2) is 4.98 Å². The topological polar surface area (TPSA) is 12.9 Å². The number of hydrogen-bond acceptors (Lipinski definition) is 2. The second kappa shape index (κ2) is 5.90. The van der Waals surface area contributed by atoms with Crippen molar-refractivity contribution in [3.05, 3.63) is 40.4 Å². The molecule has 0 aliphatic carbocycles. The van der Waals surface area contributed by atoms with Gasteiger partial charge in [-0.15, -0.1) is 23.7 Å². The van der Waals surface area contributed by atoms with Crippen LogP contribution in [0.5, 0.6) is 0 Å². The number of terminal acetylenes is 1. The van der Waals surface area contributed by atoms with Crippen LogP contribution in [0.25, 0.3) is 10.6 Å². The molecule has 0 saturated carbocycles. The molecule has 1 heterocycles. The van der Waals surface area contributed by atoms with Crippen LogP contribution >= 0.6 is 11.3 Å². The summed E-state index contributed by atoms with van der Waals surface area (Å²) in [5.74, 6) is 2.82. The lowest BCUT2D eigenvalue weighted by Gasteiger charge is -2.06. The maximum atomic E-state index is 12.6. The minimum atomic E-state index is -4.32. The largest absolute Gasteiger partial charge is 0.416 e. The molecule has 0 bridgehead atoms. The average Bonchev–Trinajstić information content (AvgIpc) is 2.82. The summed E-state index contributed by atoms with van der Waals surface area (Å²) >= 11 is 1.44. The smallest absolute Gasteiger partial charge is 0.241 e. The number of benzene rings is 1. The van der Waals surface area contributed by atoms with Crippen molar-refractivity contribution in [2.24, 2.45) is 0 Å². The van der Waals surface area contributed by atoms with Gasteiger partial charge in [0.2, 0.25) is 0 Å². The van der Waals surface area contributed by atoms with Gasteiger partial charge in [-0.1, -0.05) is 26.0 Å². The third-order valence-electron chi connectivity index (χ3n) is 3.00. The van der Waals surface area contributed by atoms with E-state index < -0.39 is 11.7 Å². The third kappa shape index (κ3) is 3.45. The lowest BCUT2D eigenvalue weighted by atomic mass is 10.1. The van der Waals surface area contributed by atoms with Gasteiger partial charge in [0.05, 0.1) is 11.3 Å². The quantitative estimate of drug-likeness (QED) is 0.716. The van der Waals surface area contributed by atoms with E-state index in [0.29, 0.717) is 17.0 Å². The van der Waals surface area contributed by atoms with E-state index in [4.69, 9.17) is 6.42 Å². The predicted molar refractivity (Wildman–Crippen MR) is 79.2 cm³/mol. The lowest BCUT2D eigenvalue weighted by Crippen LogP contribution is -2.03. The highest BCUT2D eigenvalue weighted by atomic mass is 32.1. The average molecular weight is 309 g/mol. The fourth-order valence-corrected chi connectivity index (χ4v) is 3.13. The van der Waals surface area contributed by atoms with Gasteiger partial charge in [-0.2, -0.15) is 13.2 Å². The summed E-state index contributed by atoms with van der Waals surface area (Å²) in [5, 5.41) is 0.706. The van der Waals surface area contributed by atoms with Gasteiger partial charge in [0.1, 0.15) is 5.01 Å². The van der Waals surface area contributed by atoms with Crippen LogP contribution in [0, 0.1) is 12.3 Å². The first-order chi connectivity index (χ1) is 9.82. The summed E-state index contributed by atoms with van der Waals surface area (Å²) in [5.41, 5.74) is 0.946. The van der Waals surface area contributed by atoms with Gasteiger partial charge in [0.15, 0.2) is 0 Å². The SMILES string of the molecule is C#CCc1sc(-c2ccc(C(F)(F)F)cc2)nc1C(C)C. The first-order valence-electron chi connectivity index (χ1n) is 6.43. The maximum Gasteiger partial charge on any atom is 0.416 e. The van der Waals surface area contributed by atoms with E-state index in [9.17, 15) is 13.2 Å². The van der Waals surface area contributed by atoms with Gasteiger partial charge in [-0.3, -0.25) is 0 Å². The molecule has 2 aromatic rings. The van der Waals surface area contributed by atoms with Gasteiger partial charge >= 0.3 is 6.18 Å². The molecule has 0 aliphatic rings. The molecule has 5 heteroatoms. The lowest BCUT2D eigenvalue weighted by molar-refractivity contribution is -0.137. The Balaban J connectivity index is 2.38. The normalized spacial score (nSPS) is 11.7. The Morgan fingerprint density at radius 1 is 1.24 bits per heavy atom. The summed E-state index contributed by atoms with van der Waals surface area (Å²) in [7, 11) is 0. The first kappa shape index (κ1) is 15.6. The van der Waals surface area contributed by atoms with Gasteiger partial charge < -0.3 is 0 Å². The predicted octanol–water partition coefficient (Wildman–Crippen LogP) is 5.13. The molecule has 21 heavy (non-hydrogen) atoms.